The molecule has 24 heavy (non-hydrogen) atoms. The molecule has 126 valence electrons. The van der Waals surface area contributed by atoms with Crippen LogP contribution in [0.15, 0.2) is 42.7 Å². The minimum absolute atomic E-state index is 0.0800. The molecular formula is C20H24N2O2. The van der Waals surface area contributed by atoms with E-state index in [-0.39, 0.29) is 12.0 Å². The van der Waals surface area contributed by atoms with Crippen LogP contribution in [0.4, 0.5) is 0 Å². The predicted octanol–water partition coefficient (Wildman–Crippen LogP) is 3.58. The van der Waals surface area contributed by atoms with Crippen molar-refractivity contribution >= 4 is 5.97 Å². The third-order valence-corrected chi connectivity index (χ3v) is 5.01. The molecular weight excluding hydrogens is 300 g/mol. The van der Waals surface area contributed by atoms with Crippen LogP contribution in [-0.4, -0.2) is 34.0 Å². The molecule has 1 aliphatic rings. The zero-order valence-electron chi connectivity index (χ0n) is 14.3. The first-order chi connectivity index (χ1) is 11.6. The highest BCUT2D eigenvalue weighted by atomic mass is 16.4. The molecule has 0 saturated carbocycles. The lowest BCUT2D eigenvalue weighted by Crippen LogP contribution is -2.41. The van der Waals surface area contributed by atoms with Gasteiger partial charge in [-0.05, 0) is 61.6 Å². The topological polar surface area (TPSA) is 53.4 Å². The van der Waals surface area contributed by atoms with Crippen LogP contribution in [0.1, 0.15) is 41.1 Å². The van der Waals surface area contributed by atoms with E-state index in [4.69, 9.17) is 0 Å². The van der Waals surface area contributed by atoms with Gasteiger partial charge in [0.2, 0.25) is 0 Å². The highest BCUT2D eigenvalue weighted by molar-refractivity contribution is 5.70. The van der Waals surface area contributed by atoms with E-state index < -0.39 is 5.97 Å². The zero-order chi connectivity index (χ0) is 17.1. The lowest BCUT2D eigenvalue weighted by atomic mass is 9.88. The number of rotatable bonds is 4. The van der Waals surface area contributed by atoms with Crippen molar-refractivity contribution in [1.29, 1.82) is 0 Å². The number of carbonyl (C=O) groups is 1. The van der Waals surface area contributed by atoms with E-state index >= 15 is 0 Å². The van der Waals surface area contributed by atoms with Crippen molar-refractivity contribution in [1.82, 2.24) is 9.88 Å². The van der Waals surface area contributed by atoms with Crippen molar-refractivity contribution in [2.24, 2.45) is 5.92 Å². The maximum absolute atomic E-state index is 11.5. The molecule has 4 nitrogen and oxygen atoms in total. The summed E-state index contributed by atoms with van der Waals surface area (Å²) in [6.07, 6.45) is 5.40. The molecule has 1 saturated heterocycles. The summed E-state index contributed by atoms with van der Waals surface area (Å²) in [5, 5.41) is 9.45. The van der Waals surface area contributed by atoms with Crippen LogP contribution >= 0.6 is 0 Å². The monoisotopic (exact) mass is 324 g/mol. The Morgan fingerprint density at radius 1 is 1.21 bits per heavy atom. The number of aromatic nitrogens is 1. The fourth-order valence-corrected chi connectivity index (χ4v) is 3.69. The smallest absolute Gasteiger partial charge is 0.307 e. The normalized spacial score (nSPS) is 19.8. The second-order valence-electron chi connectivity index (χ2n) is 6.66. The summed E-state index contributed by atoms with van der Waals surface area (Å²) < 4.78 is 0. The average Bonchev–Trinajstić information content (AvgIpc) is 2.59. The third-order valence-electron chi connectivity index (χ3n) is 5.01. The number of aryl methyl sites for hydroxylation is 2. The van der Waals surface area contributed by atoms with Crippen molar-refractivity contribution in [3.63, 3.8) is 0 Å². The van der Waals surface area contributed by atoms with Crippen molar-refractivity contribution in [3.8, 4) is 0 Å². The first-order valence-electron chi connectivity index (χ1n) is 8.51. The summed E-state index contributed by atoms with van der Waals surface area (Å²) in [7, 11) is 0. The highest BCUT2D eigenvalue weighted by Crippen LogP contribution is 2.35. The van der Waals surface area contributed by atoms with E-state index in [1.165, 1.54) is 16.7 Å². The van der Waals surface area contributed by atoms with Crippen LogP contribution in [0.3, 0.4) is 0 Å². The Kier molecular flexibility index (Phi) is 4.95. The van der Waals surface area contributed by atoms with E-state index in [1.54, 1.807) is 0 Å². The van der Waals surface area contributed by atoms with Gasteiger partial charge in [-0.1, -0.05) is 24.3 Å². The third kappa shape index (κ3) is 3.34. The lowest BCUT2D eigenvalue weighted by molar-refractivity contribution is -0.143. The summed E-state index contributed by atoms with van der Waals surface area (Å²) in [4.78, 5) is 18.0. The van der Waals surface area contributed by atoms with E-state index in [9.17, 15) is 9.90 Å². The summed E-state index contributed by atoms with van der Waals surface area (Å²) in [6.45, 7) is 5.71. The first kappa shape index (κ1) is 16.7. The van der Waals surface area contributed by atoms with Gasteiger partial charge in [-0.3, -0.25) is 14.7 Å². The number of nitrogens with zero attached hydrogens (tertiary/aromatic N) is 2. The number of carboxylic acids is 1. The van der Waals surface area contributed by atoms with Crippen molar-refractivity contribution < 1.29 is 9.90 Å². The molecule has 0 radical (unpaired) electrons. The number of piperidine rings is 1. The summed E-state index contributed by atoms with van der Waals surface area (Å²) in [5.41, 5.74) is 4.84. The standard InChI is InChI=1S/C20H24N2O2/c1-14-6-3-4-8-17(14)19(18-9-10-21-12-15(18)2)22-11-5-7-16(13-22)20(23)24/h3-4,6,8-10,12,16,19H,5,7,11,13H2,1-2H3,(H,23,24). The Balaban J connectivity index is 2.04. The summed E-state index contributed by atoms with van der Waals surface area (Å²) >= 11 is 0. The molecule has 2 heterocycles. The minimum Gasteiger partial charge on any atom is -0.481 e. The first-order valence-corrected chi connectivity index (χ1v) is 8.51. The summed E-state index contributed by atoms with van der Waals surface area (Å²) in [5.74, 6) is -0.970. The average molecular weight is 324 g/mol. The molecule has 1 aromatic heterocycles. The van der Waals surface area contributed by atoms with Gasteiger partial charge in [0, 0.05) is 18.9 Å². The van der Waals surface area contributed by atoms with Crippen molar-refractivity contribution in [2.45, 2.75) is 32.7 Å². The zero-order valence-corrected chi connectivity index (χ0v) is 14.3. The van der Waals surface area contributed by atoms with Gasteiger partial charge in [-0.2, -0.15) is 0 Å². The fourth-order valence-electron chi connectivity index (χ4n) is 3.69. The van der Waals surface area contributed by atoms with Crippen LogP contribution in [0.25, 0.3) is 0 Å². The molecule has 0 spiro atoms. The van der Waals surface area contributed by atoms with E-state index in [1.807, 2.05) is 18.5 Å². The number of hydrogen-bond donors (Lipinski definition) is 1. The lowest BCUT2D eigenvalue weighted by Gasteiger charge is -2.38. The molecule has 0 bridgehead atoms. The SMILES string of the molecule is Cc1ccccc1C(c1ccncc1C)N1CCCC(C(=O)O)C1. The van der Waals surface area contributed by atoms with E-state index in [2.05, 4.69) is 48.0 Å². The van der Waals surface area contributed by atoms with Crippen molar-refractivity contribution in [2.75, 3.05) is 13.1 Å². The Bertz CT molecular complexity index is 684. The van der Waals surface area contributed by atoms with Gasteiger partial charge < -0.3 is 5.11 Å². The van der Waals surface area contributed by atoms with Crippen LogP contribution in [0.5, 0.6) is 0 Å². The maximum atomic E-state index is 11.5. The number of hydrogen-bond acceptors (Lipinski definition) is 3. The molecule has 0 aliphatic carbocycles. The molecule has 2 aromatic rings. The number of benzene rings is 1. The molecule has 1 N–H and O–H groups in total. The van der Waals surface area contributed by atoms with Gasteiger partial charge in [0.25, 0.3) is 0 Å². The second kappa shape index (κ2) is 7.14. The number of likely N-dealkylation sites (tertiary alicyclic amines) is 1. The Morgan fingerprint density at radius 2 is 1.96 bits per heavy atom. The maximum Gasteiger partial charge on any atom is 0.307 e. The molecule has 3 rings (SSSR count). The molecule has 2 unspecified atom stereocenters. The van der Waals surface area contributed by atoms with Gasteiger partial charge in [0.15, 0.2) is 0 Å². The summed E-state index contributed by atoms with van der Waals surface area (Å²) in [6, 6.07) is 10.5. The van der Waals surface area contributed by atoms with E-state index in [0.717, 1.165) is 24.9 Å². The van der Waals surface area contributed by atoms with Gasteiger partial charge in [-0.25, -0.2) is 0 Å². The fraction of sp³-hybridized carbons (Fsp3) is 0.400. The van der Waals surface area contributed by atoms with Crippen molar-refractivity contribution in [3.05, 3.63) is 65.0 Å². The van der Waals surface area contributed by atoms with Crippen LogP contribution in [0.2, 0.25) is 0 Å². The van der Waals surface area contributed by atoms with Gasteiger partial charge in [-0.15, -0.1) is 0 Å². The molecule has 2 atom stereocenters. The molecule has 1 aromatic carbocycles. The van der Waals surface area contributed by atoms with E-state index in [0.29, 0.717) is 6.54 Å². The minimum atomic E-state index is -0.685. The number of carboxylic acid groups (broad SMARTS) is 1. The molecule has 1 fully saturated rings. The largest absolute Gasteiger partial charge is 0.481 e. The predicted molar refractivity (Wildman–Crippen MR) is 93.9 cm³/mol. The quantitative estimate of drug-likeness (QED) is 0.934. The Labute approximate surface area is 143 Å². The number of aliphatic carboxylic acids is 1. The van der Waals surface area contributed by atoms with Gasteiger partial charge >= 0.3 is 5.97 Å². The van der Waals surface area contributed by atoms with Crippen LogP contribution in [-0.2, 0) is 4.79 Å². The Hall–Kier alpha value is -2.20. The van der Waals surface area contributed by atoms with Crippen LogP contribution in [0, 0.1) is 19.8 Å². The van der Waals surface area contributed by atoms with Crippen LogP contribution < -0.4 is 0 Å². The highest BCUT2D eigenvalue weighted by Gasteiger charge is 2.32. The van der Waals surface area contributed by atoms with Gasteiger partial charge in [0.1, 0.15) is 0 Å². The molecule has 4 heteroatoms. The molecule has 0 amide bonds. The molecule has 1 aliphatic heterocycles. The Morgan fingerprint density at radius 3 is 2.67 bits per heavy atom. The second-order valence-corrected chi connectivity index (χ2v) is 6.66. The number of pyridine rings is 1. The van der Waals surface area contributed by atoms with Gasteiger partial charge in [0.05, 0.1) is 12.0 Å².